The molecule has 0 radical (unpaired) electrons. The molecule has 1 aromatic heterocycles. The summed E-state index contributed by atoms with van der Waals surface area (Å²) in [7, 11) is 1.93. The van der Waals surface area contributed by atoms with Gasteiger partial charge in [0.1, 0.15) is 0 Å². The third-order valence-electron chi connectivity index (χ3n) is 6.20. The van der Waals surface area contributed by atoms with Crippen LogP contribution in [0, 0.1) is 12.8 Å². The number of piperazine rings is 1. The fraction of sp³-hybridized carbons (Fsp3) is 0.522. The molecule has 2 aliphatic heterocycles. The van der Waals surface area contributed by atoms with Crippen molar-refractivity contribution in [2.75, 3.05) is 39.3 Å². The maximum absolute atomic E-state index is 13.1. The second kappa shape index (κ2) is 9.00. The molecule has 2 amide bonds. The fourth-order valence-electron chi connectivity index (χ4n) is 4.44. The van der Waals surface area contributed by atoms with Gasteiger partial charge in [-0.2, -0.15) is 5.10 Å². The van der Waals surface area contributed by atoms with E-state index in [1.54, 1.807) is 0 Å². The summed E-state index contributed by atoms with van der Waals surface area (Å²) in [6.07, 6.45) is 5.69. The highest BCUT2D eigenvalue weighted by atomic mass is 16.2. The lowest BCUT2D eigenvalue weighted by atomic mass is 9.95. The quantitative estimate of drug-likeness (QED) is 0.774. The molecule has 160 valence electrons. The van der Waals surface area contributed by atoms with Crippen molar-refractivity contribution in [3.05, 3.63) is 53.3 Å². The first-order chi connectivity index (χ1) is 14.5. The zero-order valence-corrected chi connectivity index (χ0v) is 18.0. The normalized spacial score (nSPS) is 20.4. The van der Waals surface area contributed by atoms with E-state index in [-0.39, 0.29) is 17.7 Å². The Labute approximate surface area is 178 Å². The van der Waals surface area contributed by atoms with Gasteiger partial charge in [-0.25, -0.2) is 0 Å². The molecule has 0 aliphatic carbocycles. The van der Waals surface area contributed by atoms with Crippen molar-refractivity contribution < 1.29 is 9.59 Å². The summed E-state index contributed by atoms with van der Waals surface area (Å²) in [5.41, 5.74) is 3.05. The van der Waals surface area contributed by atoms with Gasteiger partial charge in [0.25, 0.3) is 5.91 Å². The predicted octanol–water partition coefficient (Wildman–Crippen LogP) is 1.93. The molecule has 0 bridgehead atoms. The second-order valence-electron chi connectivity index (χ2n) is 8.58. The smallest absolute Gasteiger partial charge is 0.253 e. The van der Waals surface area contributed by atoms with Gasteiger partial charge in [0.15, 0.2) is 0 Å². The van der Waals surface area contributed by atoms with Crippen LogP contribution in [0.15, 0.2) is 36.7 Å². The van der Waals surface area contributed by atoms with Gasteiger partial charge in [0.2, 0.25) is 5.91 Å². The lowest BCUT2D eigenvalue weighted by Gasteiger charge is -2.39. The number of benzene rings is 1. The van der Waals surface area contributed by atoms with Gasteiger partial charge in [-0.1, -0.05) is 17.7 Å². The SMILES string of the molecule is Cc1ccc(C(=O)N2CCCC(C(=O)N3CCN(Cc4cnn(C)c4)CC3)C2)cc1. The molecule has 7 nitrogen and oxygen atoms in total. The molecule has 0 spiro atoms. The summed E-state index contributed by atoms with van der Waals surface area (Å²) >= 11 is 0. The van der Waals surface area contributed by atoms with Gasteiger partial charge in [0.05, 0.1) is 12.1 Å². The van der Waals surface area contributed by atoms with Crippen LogP contribution in [0.3, 0.4) is 0 Å². The minimum Gasteiger partial charge on any atom is -0.340 e. The number of amides is 2. The Kier molecular flexibility index (Phi) is 6.18. The predicted molar refractivity (Wildman–Crippen MR) is 115 cm³/mol. The summed E-state index contributed by atoms with van der Waals surface area (Å²) in [6, 6.07) is 7.69. The van der Waals surface area contributed by atoms with E-state index in [0.29, 0.717) is 12.1 Å². The lowest BCUT2D eigenvalue weighted by molar-refractivity contribution is -0.138. The Bertz CT molecular complexity index is 883. The topological polar surface area (TPSA) is 61.7 Å². The van der Waals surface area contributed by atoms with E-state index in [0.717, 1.165) is 57.7 Å². The van der Waals surface area contributed by atoms with Crippen molar-refractivity contribution in [1.82, 2.24) is 24.5 Å². The minimum absolute atomic E-state index is 0.0359. The molecule has 0 N–H and O–H groups in total. The zero-order valence-electron chi connectivity index (χ0n) is 18.0. The zero-order chi connectivity index (χ0) is 21.1. The number of likely N-dealkylation sites (tertiary alicyclic amines) is 1. The van der Waals surface area contributed by atoms with Crippen LogP contribution < -0.4 is 0 Å². The summed E-state index contributed by atoms with van der Waals surface area (Å²) < 4.78 is 1.82. The van der Waals surface area contributed by atoms with Crippen LogP contribution in [0.4, 0.5) is 0 Å². The maximum atomic E-state index is 13.1. The van der Waals surface area contributed by atoms with Crippen LogP contribution in [0.1, 0.15) is 34.3 Å². The van der Waals surface area contributed by atoms with Gasteiger partial charge in [0, 0.05) is 70.2 Å². The number of hydrogen-bond acceptors (Lipinski definition) is 4. The van der Waals surface area contributed by atoms with E-state index in [1.165, 1.54) is 5.56 Å². The number of rotatable bonds is 4. The highest BCUT2D eigenvalue weighted by molar-refractivity contribution is 5.94. The van der Waals surface area contributed by atoms with Crippen molar-refractivity contribution in [3.8, 4) is 0 Å². The van der Waals surface area contributed by atoms with E-state index in [9.17, 15) is 9.59 Å². The molecule has 2 saturated heterocycles. The average Bonchev–Trinajstić information content (AvgIpc) is 3.18. The van der Waals surface area contributed by atoms with Gasteiger partial charge >= 0.3 is 0 Å². The lowest BCUT2D eigenvalue weighted by Crippen LogP contribution is -2.52. The number of aromatic nitrogens is 2. The van der Waals surface area contributed by atoms with E-state index in [4.69, 9.17) is 0 Å². The molecule has 30 heavy (non-hydrogen) atoms. The van der Waals surface area contributed by atoms with Crippen LogP contribution in [0.2, 0.25) is 0 Å². The Balaban J connectivity index is 1.30. The van der Waals surface area contributed by atoms with E-state index in [2.05, 4.69) is 10.00 Å². The monoisotopic (exact) mass is 409 g/mol. The number of carbonyl (C=O) groups excluding carboxylic acids is 2. The molecular weight excluding hydrogens is 378 g/mol. The van der Waals surface area contributed by atoms with Gasteiger partial charge in [-0.3, -0.25) is 19.2 Å². The molecule has 7 heteroatoms. The highest BCUT2D eigenvalue weighted by Crippen LogP contribution is 2.22. The fourth-order valence-corrected chi connectivity index (χ4v) is 4.44. The number of carbonyl (C=O) groups is 2. The van der Waals surface area contributed by atoms with Crippen molar-refractivity contribution in [1.29, 1.82) is 0 Å². The van der Waals surface area contributed by atoms with E-state index >= 15 is 0 Å². The molecule has 2 aromatic rings. The third-order valence-corrected chi connectivity index (χ3v) is 6.20. The number of aryl methyl sites for hydroxylation is 2. The molecule has 2 aliphatic rings. The van der Waals surface area contributed by atoms with Crippen LogP contribution in [-0.2, 0) is 18.4 Å². The first kappa shape index (κ1) is 20.6. The minimum atomic E-state index is -0.0852. The number of hydrogen-bond donors (Lipinski definition) is 0. The summed E-state index contributed by atoms with van der Waals surface area (Å²) in [5.74, 6) is 0.157. The summed E-state index contributed by atoms with van der Waals surface area (Å²) in [5, 5.41) is 4.23. The van der Waals surface area contributed by atoms with E-state index in [1.807, 2.05) is 65.1 Å². The first-order valence-corrected chi connectivity index (χ1v) is 10.8. The van der Waals surface area contributed by atoms with Crippen LogP contribution >= 0.6 is 0 Å². The molecule has 4 rings (SSSR count). The van der Waals surface area contributed by atoms with Crippen molar-refractivity contribution >= 4 is 11.8 Å². The van der Waals surface area contributed by atoms with Crippen LogP contribution in [-0.4, -0.2) is 75.6 Å². The van der Waals surface area contributed by atoms with Crippen molar-refractivity contribution in [3.63, 3.8) is 0 Å². The number of nitrogens with zero attached hydrogens (tertiary/aromatic N) is 5. The summed E-state index contributed by atoms with van der Waals surface area (Å²) in [4.78, 5) is 32.2. The first-order valence-electron chi connectivity index (χ1n) is 10.8. The Morgan fingerprint density at radius 1 is 1.03 bits per heavy atom. The van der Waals surface area contributed by atoms with Crippen molar-refractivity contribution in [2.45, 2.75) is 26.3 Å². The largest absolute Gasteiger partial charge is 0.340 e. The van der Waals surface area contributed by atoms with Crippen LogP contribution in [0.25, 0.3) is 0 Å². The number of piperidine rings is 1. The Hall–Kier alpha value is -2.67. The van der Waals surface area contributed by atoms with Crippen molar-refractivity contribution in [2.24, 2.45) is 13.0 Å². The molecule has 3 heterocycles. The molecular formula is C23H31N5O2. The molecule has 0 saturated carbocycles. The van der Waals surface area contributed by atoms with E-state index < -0.39 is 0 Å². The molecule has 1 aromatic carbocycles. The highest BCUT2D eigenvalue weighted by Gasteiger charge is 2.32. The van der Waals surface area contributed by atoms with Gasteiger partial charge in [-0.15, -0.1) is 0 Å². The molecule has 2 fully saturated rings. The standard InChI is InChI=1S/C23H31N5O2/c1-18-5-7-20(8-6-18)22(29)28-9-3-4-21(17-28)23(30)27-12-10-26(11-13-27)16-19-14-24-25(2)15-19/h5-8,14-15,21H,3-4,9-13,16-17H2,1-2H3. The third kappa shape index (κ3) is 4.73. The second-order valence-corrected chi connectivity index (χ2v) is 8.58. The maximum Gasteiger partial charge on any atom is 0.253 e. The Morgan fingerprint density at radius 3 is 2.43 bits per heavy atom. The van der Waals surface area contributed by atoms with Gasteiger partial charge in [-0.05, 0) is 31.9 Å². The summed E-state index contributed by atoms with van der Waals surface area (Å²) in [6.45, 7) is 7.40. The molecule has 1 unspecified atom stereocenters. The Morgan fingerprint density at radius 2 is 1.77 bits per heavy atom. The van der Waals surface area contributed by atoms with Crippen LogP contribution in [0.5, 0.6) is 0 Å². The average molecular weight is 410 g/mol. The molecule has 1 atom stereocenters. The van der Waals surface area contributed by atoms with Gasteiger partial charge < -0.3 is 9.80 Å².